The van der Waals surface area contributed by atoms with Crippen molar-refractivity contribution in [1.82, 2.24) is 4.90 Å². The van der Waals surface area contributed by atoms with E-state index in [4.69, 9.17) is 10.5 Å². The van der Waals surface area contributed by atoms with Crippen molar-refractivity contribution in [2.45, 2.75) is 58.2 Å². The van der Waals surface area contributed by atoms with Crippen LogP contribution in [0.15, 0.2) is 24.3 Å². The van der Waals surface area contributed by atoms with Gasteiger partial charge in [0.25, 0.3) is 0 Å². The third-order valence-electron chi connectivity index (χ3n) is 3.70. The van der Waals surface area contributed by atoms with Crippen molar-refractivity contribution in [3.05, 3.63) is 35.4 Å². The molecule has 4 heteroatoms. The molecule has 1 saturated heterocycles. The molecule has 0 bridgehead atoms. The number of rotatable bonds is 1. The van der Waals surface area contributed by atoms with Crippen molar-refractivity contribution >= 4 is 6.09 Å². The first kappa shape index (κ1) is 15.8. The third-order valence-corrected chi connectivity index (χ3v) is 3.70. The number of carbonyl (C=O) groups is 1. The van der Waals surface area contributed by atoms with E-state index in [2.05, 4.69) is 25.1 Å². The van der Waals surface area contributed by atoms with Gasteiger partial charge in [0, 0.05) is 12.6 Å². The Morgan fingerprint density at radius 2 is 2.10 bits per heavy atom. The number of benzene rings is 1. The van der Waals surface area contributed by atoms with Gasteiger partial charge >= 0.3 is 6.09 Å². The van der Waals surface area contributed by atoms with Crippen molar-refractivity contribution in [1.29, 1.82) is 0 Å². The summed E-state index contributed by atoms with van der Waals surface area (Å²) in [7, 11) is 0. The summed E-state index contributed by atoms with van der Waals surface area (Å²) in [5.74, 6) is 0. The Hall–Kier alpha value is -1.55. The Labute approximate surface area is 127 Å². The molecular weight excluding hydrogens is 264 g/mol. The Morgan fingerprint density at radius 3 is 2.71 bits per heavy atom. The lowest BCUT2D eigenvalue weighted by Crippen LogP contribution is -2.46. The van der Waals surface area contributed by atoms with Gasteiger partial charge in [0.15, 0.2) is 0 Å². The maximum Gasteiger partial charge on any atom is 0.410 e. The second-order valence-corrected chi connectivity index (χ2v) is 6.89. The summed E-state index contributed by atoms with van der Waals surface area (Å²) in [6, 6.07) is 8.41. The highest BCUT2D eigenvalue weighted by Gasteiger charge is 2.33. The number of likely N-dealkylation sites (tertiary alicyclic amines) is 1. The Bertz CT molecular complexity index is 508. The maximum atomic E-state index is 12.5. The zero-order valence-electron chi connectivity index (χ0n) is 13.4. The predicted molar refractivity (Wildman–Crippen MR) is 84.1 cm³/mol. The van der Waals surface area contributed by atoms with Gasteiger partial charge in [0.2, 0.25) is 0 Å². The molecule has 1 aliphatic heterocycles. The van der Waals surface area contributed by atoms with Crippen molar-refractivity contribution in [3.63, 3.8) is 0 Å². The summed E-state index contributed by atoms with van der Waals surface area (Å²) < 4.78 is 5.54. The van der Waals surface area contributed by atoms with Crippen LogP contribution < -0.4 is 5.73 Å². The van der Waals surface area contributed by atoms with Gasteiger partial charge in [-0.3, -0.25) is 0 Å². The number of nitrogens with two attached hydrogens (primary N) is 1. The number of piperidine rings is 1. The second-order valence-electron chi connectivity index (χ2n) is 6.89. The molecule has 2 atom stereocenters. The molecule has 0 spiro atoms. The topological polar surface area (TPSA) is 55.6 Å². The summed E-state index contributed by atoms with van der Waals surface area (Å²) >= 11 is 0. The van der Waals surface area contributed by atoms with Gasteiger partial charge < -0.3 is 15.4 Å². The molecule has 21 heavy (non-hydrogen) atoms. The van der Waals surface area contributed by atoms with Crippen molar-refractivity contribution in [2.75, 3.05) is 6.54 Å². The summed E-state index contributed by atoms with van der Waals surface area (Å²) in [6.45, 7) is 8.38. The third kappa shape index (κ3) is 4.21. The fourth-order valence-corrected chi connectivity index (χ4v) is 2.73. The highest BCUT2D eigenvalue weighted by molar-refractivity contribution is 5.69. The van der Waals surface area contributed by atoms with Crippen molar-refractivity contribution in [3.8, 4) is 0 Å². The van der Waals surface area contributed by atoms with Gasteiger partial charge in [-0.1, -0.05) is 29.8 Å². The average molecular weight is 290 g/mol. The predicted octanol–water partition coefficient (Wildman–Crippen LogP) is 3.39. The van der Waals surface area contributed by atoms with E-state index in [1.165, 1.54) is 5.56 Å². The molecule has 1 aromatic carbocycles. The smallest absolute Gasteiger partial charge is 0.410 e. The molecule has 1 amide bonds. The fraction of sp³-hybridized carbons (Fsp3) is 0.588. The molecule has 1 aliphatic rings. The fourth-order valence-electron chi connectivity index (χ4n) is 2.73. The molecule has 1 aromatic rings. The summed E-state index contributed by atoms with van der Waals surface area (Å²) in [5, 5.41) is 0. The van der Waals surface area contributed by atoms with Crippen LogP contribution in [0.4, 0.5) is 4.79 Å². The largest absolute Gasteiger partial charge is 0.444 e. The zero-order chi connectivity index (χ0) is 15.6. The minimum absolute atomic E-state index is 0.00324. The lowest BCUT2D eigenvalue weighted by atomic mass is 9.92. The zero-order valence-corrected chi connectivity index (χ0v) is 13.4. The lowest BCUT2D eigenvalue weighted by molar-refractivity contribution is 0.00796. The molecule has 1 fully saturated rings. The molecule has 4 nitrogen and oxygen atoms in total. The number of nitrogens with zero attached hydrogens (tertiary/aromatic N) is 1. The number of carbonyl (C=O) groups excluding carboxylic acids is 1. The van der Waals surface area contributed by atoms with E-state index in [1.54, 1.807) is 0 Å². The van der Waals surface area contributed by atoms with Crippen molar-refractivity contribution in [2.24, 2.45) is 5.73 Å². The number of amides is 1. The second kappa shape index (κ2) is 6.06. The van der Waals surface area contributed by atoms with Gasteiger partial charge in [-0.25, -0.2) is 4.79 Å². The molecule has 2 unspecified atom stereocenters. The van der Waals surface area contributed by atoms with E-state index in [9.17, 15) is 4.79 Å². The van der Waals surface area contributed by atoms with Crippen LogP contribution >= 0.6 is 0 Å². The maximum absolute atomic E-state index is 12.5. The lowest BCUT2D eigenvalue weighted by Gasteiger charge is -2.39. The van der Waals surface area contributed by atoms with Gasteiger partial charge in [0.05, 0.1) is 6.04 Å². The molecule has 116 valence electrons. The Balaban J connectivity index is 2.23. The van der Waals surface area contributed by atoms with Gasteiger partial charge in [-0.05, 0) is 46.1 Å². The van der Waals surface area contributed by atoms with Crippen LogP contribution in [-0.4, -0.2) is 29.2 Å². The molecule has 2 rings (SSSR count). The summed E-state index contributed by atoms with van der Waals surface area (Å²) in [4.78, 5) is 14.3. The Morgan fingerprint density at radius 1 is 1.38 bits per heavy atom. The van der Waals surface area contributed by atoms with Crippen LogP contribution in [0.5, 0.6) is 0 Å². The number of aryl methyl sites for hydroxylation is 1. The molecule has 0 aliphatic carbocycles. The first-order valence-corrected chi connectivity index (χ1v) is 7.58. The Kier molecular flexibility index (Phi) is 4.57. The minimum atomic E-state index is -0.478. The highest BCUT2D eigenvalue weighted by Crippen LogP contribution is 2.32. The van der Waals surface area contributed by atoms with Crippen LogP contribution in [-0.2, 0) is 4.74 Å². The normalized spacial score (nSPS) is 23.0. The van der Waals surface area contributed by atoms with Crippen LogP contribution in [0.1, 0.15) is 50.8 Å². The summed E-state index contributed by atoms with van der Waals surface area (Å²) in [6.07, 6.45) is 1.35. The van der Waals surface area contributed by atoms with Crippen LogP contribution in [0, 0.1) is 6.92 Å². The molecular formula is C17H26N2O2. The van der Waals surface area contributed by atoms with E-state index >= 15 is 0 Å². The van der Waals surface area contributed by atoms with Gasteiger partial charge in [-0.15, -0.1) is 0 Å². The van der Waals surface area contributed by atoms with Gasteiger partial charge in [-0.2, -0.15) is 0 Å². The first-order valence-electron chi connectivity index (χ1n) is 7.58. The minimum Gasteiger partial charge on any atom is -0.444 e. The summed E-state index contributed by atoms with van der Waals surface area (Å²) in [5.41, 5.74) is 7.96. The SMILES string of the molecule is Cc1cccc(C2CC(N)CCN2C(=O)OC(C)(C)C)c1. The average Bonchev–Trinajstić information content (AvgIpc) is 2.36. The molecule has 0 aromatic heterocycles. The molecule has 0 saturated carbocycles. The number of ether oxygens (including phenoxy) is 1. The highest BCUT2D eigenvalue weighted by atomic mass is 16.6. The van der Waals surface area contributed by atoms with E-state index in [0.717, 1.165) is 18.4 Å². The first-order chi connectivity index (χ1) is 9.76. The molecule has 1 heterocycles. The van der Waals surface area contributed by atoms with Crippen molar-refractivity contribution < 1.29 is 9.53 Å². The molecule has 0 radical (unpaired) electrons. The van der Waals surface area contributed by atoms with E-state index in [1.807, 2.05) is 31.7 Å². The number of hydrogen-bond acceptors (Lipinski definition) is 3. The van der Waals surface area contributed by atoms with Gasteiger partial charge in [0.1, 0.15) is 5.60 Å². The quantitative estimate of drug-likeness (QED) is 0.862. The van der Waals surface area contributed by atoms with Crippen LogP contribution in [0.2, 0.25) is 0 Å². The van der Waals surface area contributed by atoms with E-state index < -0.39 is 5.60 Å². The standard InChI is InChI=1S/C17H26N2O2/c1-12-6-5-7-13(10-12)15-11-14(18)8-9-19(15)16(20)21-17(2,3)4/h5-7,10,14-15H,8-9,11,18H2,1-4H3. The van der Waals surface area contributed by atoms with E-state index in [0.29, 0.717) is 6.54 Å². The number of hydrogen-bond donors (Lipinski definition) is 1. The van der Waals surface area contributed by atoms with E-state index in [-0.39, 0.29) is 18.2 Å². The van der Waals surface area contributed by atoms with Crippen LogP contribution in [0.25, 0.3) is 0 Å². The molecule has 2 N–H and O–H groups in total. The van der Waals surface area contributed by atoms with Crippen LogP contribution in [0.3, 0.4) is 0 Å². The monoisotopic (exact) mass is 290 g/mol.